The van der Waals surface area contributed by atoms with Crippen molar-refractivity contribution in [3.8, 4) is 0 Å². The smallest absolute Gasteiger partial charge is 0.263 e. The van der Waals surface area contributed by atoms with E-state index in [9.17, 15) is 18.0 Å². The fourth-order valence-electron chi connectivity index (χ4n) is 2.50. The van der Waals surface area contributed by atoms with Gasteiger partial charge in [-0.1, -0.05) is 0 Å². The molecular formula is C13H18N2O4S. The van der Waals surface area contributed by atoms with E-state index < -0.39 is 15.7 Å². The second-order valence-corrected chi connectivity index (χ2v) is 7.21. The molecule has 0 saturated carbocycles. The fourth-order valence-corrected chi connectivity index (χ4v) is 4.23. The van der Waals surface area contributed by atoms with Gasteiger partial charge in [-0.15, -0.1) is 0 Å². The van der Waals surface area contributed by atoms with E-state index in [1.165, 1.54) is 15.5 Å². The lowest BCUT2D eigenvalue weighted by atomic mass is 10.1. The molecule has 7 heteroatoms. The molecule has 6 nitrogen and oxygen atoms in total. The Kier molecular flexibility index (Phi) is 3.99. The van der Waals surface area contributed by atoms with Gasteiger partial charge in [-0.2, -0.15) is 0 Å². The Morgan fingerprint density at radius 2 is 2.20 bits per heavy atom. The molecule has 1 atom stereocenters. The van der Waals surface area contributed by atoms with E-state index in [0.29, 0.717) is 13.0 Å². The molecule has 0 aromatic carbocycles. The van der Waals surface area contributed by atoms with Crippen molar-refractivity contribution in [1.29, 1.82) is 0 Å². The van der Waals surface area contributed by atoms with Gasteiger partial charge in [0.15, 0.2) is 9.84 Å². The van der Waals surface area contributed by atoms with Crippen LogP contribution in [0.1, 0.15) is 23.7 Å². The van der Waals surface area contributed by atoms with Gasteiger partial charge in [0.2, 0.25) is 0 Å². The molecule has 1 fully saturated rings. The minimum Gasteiger partial charge on any atom is -0.335 e. The van der Waals surface area contributed by atoms with Crippen LogP contribution in [0.4, 0.5) is 0 Å². The summed E-state index contributed by atoms with van der Waals surface area (Å²) in [5.74, 6) is -0.302. The third kappa shape index (κ3) is 2.77. The van der Waals surface area contributed by atoms with Gasteiger partial charge in [-0.05, 0) is 25.5 Å². The van der Waals surface area contributed by atoms with Crippen LogP contribution in [-0.2, 0) is 16.9 Å². The summed E-state index contributed by atoms with van der Waals surface area (Å²) in [5, 5.41) is 0. The SMILES string of the molecule is CCN(C(=O)c1cccn(C)c1=O)C1CCS(=O)(=O)C1. The Balaban J connectivity index is 2.31. The topological polar surface area (TPSA) is 76.5 Å². The number of hydrogen-bond donors (Lipinski definition) is 0. The van der Waals surface area contributed by atoms with Crippen molar-refractivity contribution in [2.24, 2.45) is 7.05 Å². The van der Waals surface area contributed by atoms with Gasteiger partial charge >= 0.3 is 0 Å². The van der Waals surface area contributed by atoms with Crippen LogP contribution < -0.4 is 5.56 Å². The first kappa shape index (κ1) is 14.8. The zero-order chi connectivity index (χ0) is 14.9. The number of aromatic nitrogens is 1. The number of aryl methyl sites for hydroxylation is 1. The van der Waals surface area contributed by atoms with Crippen LogP contribution in [0.3, 0.4) is 0 Å². The molecule has 0 spiro atoms. The van der Waals surface area contributed by atoms with Gasteiger partial charge in [0.05, 0.1) is 11.5 Å². The summed E-state index contributed by atoms with van der Waals surface area (Å²) < 4.78 is 24.4. The number of rotatable bonds is 3. The average molecular weight is 298 g/mol. The Morgan fingerprint density at radius 1 is 1.50 bits per heavy atom. The molecule has 2 rings (SSSR count). The van der Waals surface area contributed by atoms with Crippen LogP contribution in [0.5, 0.6) is 0 Å². The fraction of sp³-hybridized carbons (Fsp3) is 0.538. The van der Waals surface area contributed by atoms with Gasteiger partial charge in [0, 0.05) is 25.8 Å². The van der Waals surface area contributed by atoms with Gasteiger partial charge in [0.25, 0.3) is 11.5 Å². The Morgan fingerprint density at radius 3 is 2.75 bits per heavy atom. The molecule has 0 aliphatic carbocycles. The predicted octanol–water partition coefficient (Wildman–Crippen LogP) is 0.0345. The molecule has 0 bridgehead atoms. The minimum atomic E-state index is -3.06. The largest absolute Gasteiger partial charge is 0.335 e. The van der Waals surface area contributed by atoms with Crippen molar-refractivity contribution in [2.75, 3.05) is 18.1 Å². The summed E-state index contributed by atoms with van der Waals surface area (Å²) in [7, 11) is -1.48. The van der Waals surface area contributed by atoms with Crippen molar-refractivity contribution >= 4 is 15.7 Å². The summed E-state index contributed by atoms with van der Waals surface area (Å²) in [6, 6.07) is 2.78. The predicted molar refractivity (Wildman–Crippen MR) is 75.5 cm³/mol. The van der Waals surface area contributed by atoms with Gasteiger partial charge in [-0.3, -0.25) is 9.59 Å². The molecule has 1 aliphatic rings. The standard InChI is InChI=1S/C13H18N2O4S/c1-3-15(10-6-8-20(18,19)9-10)13(17)11-5-4-7-14(2)12(11)16/h4-5,7,10H,3,6,8-9H2,1-2H3. The second kappa shape index (κ2) is 5.40. The lowest BCUT2D eigenvalue weighted by molar-refractivity contribution is 0.0706. The first-order chi connectivity index (χ1) is 9.35. The lowest BCUT2D eigenvalue weighted by Crippen LogP contribution is -2.43. The zero-order valence-corrected chi connectivity index (χ0v) is 12.4. The number of carbonyl (C=O) groups excluding carboxylic acids is 1. The van der Waals surface area contributed by atoms with Crippen LogP contribution in [0.2, 0.25) is 0 Å². The van der Waals surface area contributed by atoms with Crippen LogP contribution in [-0.4, -0.2) is 47.9 Å². The highest BCUT2D eigenvalue weighted by Crippen LogP contribution is 2.19. The maximum Gasteiger partial charge on any atom is 0.263 e. The highest BCUT2D eigenvalue weighted by molar-refractivity contribution is 7.91. The Hall–Kier alpha value is -1.63. The number of nitrogens with zero attached hydrogens (tertiary/aromatic N) is 2. The highest BCUT2D eigenvalue weighted by Gasteiger charge is 2.34. The molecule has 0 radical (unpaired) electrons. The molecule has 1 saturated heterocycles. The quantitative estimate of drug-likeness (QED) is 0.789. The average Bonchev–Trinajstić information content (AvgIpc) is 2.74. The molecule has 0 N–H and O–H groups in total. The monoisotopic (exact) mass is 298 g/mol. The molecular weight excluding hydrogens is 280 g/mol. The first-order valence-corrected chi connectivity index (χ1v) is 8.35. The van der Waals surface area contributed by atoms with Crippen LogP contribution in [0, 0.1) is 0 Å². The third-order valence-corrected chi connectivity index (χ3v) is 5.35. The number of amides is 1. The second-order valence-electron chi connectivity index (χ2n) is 4.99. The van der Waals surface area contributed by atoms with E-state index in [0.717, 1.165) is 0 Å². The molecule has 1 aromatic heterocycles. The van der Waals surface area contributed by atoms with E-state index >= 15 is 0 Å². The van der Waals surface area contributed by atoms with Gasteiger partial charge in [0.1, 0.15) is 5.56 Å². The van der Waals surface area contributed by atoms with E-state index in [1.807, 2.05) is 0 Å². The van der Waals surface area contributed by atoms with E-state index in [2.05, 4.69) is 0 Å². The number of sulfone groups is 1. The maximum atomic E-state index is 12.5. The summed E-state index contributed by atoms with van der Waals surface area (Å²) in [5.41, 5.74) is -0.280. The number of pyridine rings is 1. The number of hydrogen-bond acceptors (Lipinski definition) is 4. The van der Waals surface area contributed by atoms with Gasteiger partial charge < -0.3 is 9.47 Å². The van der Waals surface area contributed by atoms with Crippen LogP contribution in [0.25, 0.3) is 0 Å². The summed E-state index contributed by atoms with van der Waals surface area (Å²) >= 11 is 0. The first-order valence-electron chi connectivity index (χ1n) is 6.52. The van der Waals surface area contributed by atoms with Crippen molar-refractivity contribution < 1.29 is 13.2 Å². The minimum absolute atomic E-state index is 0.0142. The van der Waals surface area contributed by atoms with Crippen molar-refractivity contribution in [3.63, 3.8) is 0 Å². The van der Waals surface area contributed by atoms with Crippen molar-refractivity contribution in [2.45, 2.75) is 19.4 Å². The molecule has 1 aromatic rings. The Bertz CT molecular complexity index is 678. The van der Waals surface area contributed by atoms with Crippen molar-refractivity contribution in [3.05, 3.63) is 34.2 Å². The summed E-state index contributed by atoms with van der Waals surface area (Å²) in [6.45, 7) is 2.17. The third-order valence-electron chi connectivity index (χ3n) is 3.60. The summed E-state index contributed by atoms with van der Waals surface area (Å²) in [4.78, 5) is 25.9. The molecule has 1 aliphatic heterocycles. The summed E-state index contributed by atoms with van der Waals surface area (Å²) in [6.07, 6.45) is 2.02. The zero-order valence-electron chi connectivity index (χ0n) is 11.6. The molecule has 1 unspecified atom stereocenters. The molecule has 2 heterocycles. The normalized spacial score (nSPS) is 20.8. The maximum absolute atomic E-state index is 12.5. The highest BCUT2D eigenvalue weighted by atomic mass is 32.2. The molecule has 110 valence electrons. The van der Waals surface area contributed by atoms with E-state index in [4.69, 9.17) is 0 Å². The van der Waals surface area contributed by atoms with Crippen LogP contribution in [0.15, 0.2) is 23.1 Å². The Labute approximate surface area is 117 Å². The van der Waals surface area contributed by atoms with Gasteiger partial charge in [-0.25, -0.2) is 8.42 Å². The van der Waals surface area contributed by atoms with Crippen LogP contribution >= 0.6 is 0 Å². The molecule has 1 amide bonds. The van der Waals surface area contributed by atoms with E-state index in [-0.39, 0.29) is 28.7 Å². The van der Waals surface area contributed by atoms with E-state index in [1.54, 1.807) is 26.2 Å². The van der Waals surface area contributed by atoms with Crippen molar-refractivity contribution in [1.82, 2.24) is 9.47 Å². The lowest BCUT2D eigenvalue weighted by Gasteiger charge is -2.26. The molecule has 20 heavy (non-hydrogen) atoms. The number of carbonyl (C=O) groups is 1.